The Balaban J connectivity index is 1.70. The van der Waals surface area contributed by atoms with Crippen molar-refractivity contribution in [1.82, 2.24) is 19.9 Å². The number of rotatable bonds is 9. The molecule has 7 nitrogen and oxygen atoms in total. The lowest BCUT2D eigenvalue weighted by Gasteiger charge is -2.25. The smallest absolute Gasteiger partial charge is 0.146 e. The second-order valence-corrected chi connectivity index (χ2v) is 8.19. The summed E-state index contributed by atoms with van der Waals surface area (Å²) in [6.45, 7) is 1.57. The van der Waals surface area contributed by atoms with Gasteiger partial charge in [-0.05, 0) is 61.6 Å². The van der Waals surface area contributed by atoms with E-state index in [4.69, 9.17) is 16.3 Å². The molecule has 0 saturated heterocycles. The number of aliphatic hydroxyl groups is 1. The number of benzene rings is 2. The minimum Gasteiger partial charge on any atom is -0.489 e. The highest BCUT2D eigenvalue weighted by atomic mass is 35.5. The topological polar surface area (TPSA) is 77.5 Å². The van der Waals surface area contributed by atoms with Gasteiger partial charge >= 0.3 is 0 Å². The van der Waals surface area contributed by atoms with Gasteiger partial charge in [0.05, 0.1) is 12.0 Å². The van der Waals surface area contributed by atoms with Gasteiger partial charge in [-0.3, -0.25) is 0 Å². The highest BCUT2D eigenvalue weighted by Crippen LogP contribution is 2.31. The molecule has 0 spiro atoms. The molecule has 0 unspecified atom stereocenters. The molecule has 2 heterocycles. The van der Waals surface area contributed by atoms with Crippen LogP contribution in [0.1, 0.15) is 11.1 Å². The monoisotopic (exact) mass is 451 g/mol. The van der Waals surface area contributed by atoms with Crippen LogP contribution >= 0.6 is 11.6 Å². The van der Waals surface area contributed by atoms with Crippen LogP contribution in [0.5, 0.6) is 5.75 Å². The Bertz CT molecular complexity index is 1190. The molecular formula is C24H26ClN5O2. The fourth-order valence-electron chi connectivity index (χ4n) is 3.66. The number of hydrogen-bond donors (Lipinski definition) is 2. The second kappa shape index (κ2) is 9.99. The first kappa shape index (κ1) is 22.1. The standard InChI is InChI=1S/C24H26ClN5O2/c1-29(2)14-17-6-7-20(12-18(17)15-32-21-5-3-4-19(25)13-21)30(10-11-31)24-22-8-9-26-23(22)27-16-28-24/h3-9,12-13,16,31H,10-11,14-15H2,1-2H3,(H,26,27,28). The molecule has 0 aliphatic rings. The van der Waals surface area contributed by atoms with Gasteiger partial charge in [-0.2, -0.15) is 0 Å². The Hall–Kier alpha value is -3.13. The summed E-state index contributed by atoms with van der Waals surface area (Å²) in [7, 11) is 4.08. The molecule has 4 aromatic rings. The molecule has 4 rings (SSSR count). The van der Waals surface area contributed by atoms with E-state index in [9.17, 15) is 5.11 Å². The van der Waals surface area contributed by atoms with Gasteiger partial charge in [0.1, 0.15) is 30.1 Å². The van der Waals surface area contributed by atoms with Gasteiger partial charge in [0.15, 0.2) is 0 Å². The molecule has 0 fully saturated rings. The van der Waals surface area contributed by atoms with Gasteiger partial charge < -0.3 is 24.6 Å². The van der Waals surface area contributed by atoms with Crippen molar-refractivity contribution >= 4 is 34.1 Å². The van der Waals surface area contributed by atoms with Crippen molar-refractivity contribution in [3.8, 4) is 5.75 Å². The zero-order valence-electron chi connectivity index (χ0n) is 18.1. The number of H-pyrrole nitrogens is 1. The van der Waals surface area contributed by atoms with Crippen LogP contribution in [0.2, 0.25) is 5.02 Å². The van der Waals surface area contributed by atoms with Gasteiger partial charge in [-0.1, -0.05) is 23.7 Å². The summed E-state index contributed by atoms with van der Waals surface area (Å²) in [5.41, 5.74) is 3.90. The number of hydrogen-bond acceptors (Lipinski definition) is 6. The summed E-state index contributed by atoms with van der Waals surface area (Å²) < 4.78 is 6.05. The lowest BCUT2D eigenvalue weighted by molar-refractivity contribution is 0.301. The first-order valence-electron chi connectivity index (χ1n) is 10.4. The lowest BCUT2D eigenvalue weighted by Crippen LogP contribution is -2.23. The van der Waals surface area contributed by atoms with E-state index in [1.54, 1.807) is 6.07 Å². The van der Waals surface area contributed by atoms with Gasteiger partial charge in [-0.15, -0.1) is 0 Å². The minimum atomic E-state index is -0.0102. The third kappa shape index (κ3) is 5.02. The summed E-state index contributed by atoms with van der Waals surface area (Å²) >= 11 is 6.10. The lowest BCUT2D eigenvalue weighted by atomic mass is 10.1. The van der Waals surface area contributed by atoms with Crippen LogP contribution in [-0.4, -0.2) is 52.2 Å². The van der Waals surface area contributed by atoms with Crippen LogP contribution in [-0.2, 0) is 13.2 Å². The van der Waals surface area contributed by atoms with Crippen molar-refractivity contribution in [3.63, 3.8) is 0 Å². The third-order valence-electron chi connectivity index (χ3n) is 5.09. The SMILES string of the molecule is CN(C)Cc1ccc(N(CCO)c2ncnc3[nH]ccc23)cc1COc1cccc(Cl)c1. The maximum Gasteiger partial charge on any atom is 0.146 e. The third-order valence-corrected chi connectivity index (χ3v) is 5.33. The van der Waals surface area contributed by atoms with Gasteiger partial charge in [0.25, 0.3) is 0 Å². The zero-order chi connectivity index (χ0) is 22.5. The predicted molar refractivity (Wildman–Crippen MR) is 128 cm³/mol. The molecular weight excluding hydrogens is 426 g/mol. The fraction of sp³-hybridized carbons (Fsp3) is 0.250. The molecule has 2 aromatic heterocycles. The van der Waals surface area contributed by atoms with E-state index in [2.05, 4.69) is 38.1 Å². The minimum absolute atomic E-state index is 0.0102. The van der Waals surface area contributed by atoms with Crippen LogP contribution in [0.3, 0.4) is 0 Å². The molecule has 0 radical (unpaired) electrons. The van der Waals surface area contributed by atoms with Crippen LogP contribution in [0, 0.1) is 0 Å². The normalized spacial score (nSPS) is 11.3. The molecule has 166 valence electrons. The number of nitrogens with zero attached hydrogens (tertiary/aromatic N) is 4. The van der Waals surface area contributed by atoms with Gasteiger partial charge in [0.2, 0.25) is 0 Å². The van der Waals surface area contributed by atoms with Crippen LogP contribution in [0.4, 0.5) is 11.5 Å². The predicted octanol–water partition coefficient (Wildman–Crippen LogP) is 4.38. The summed E-state index contributed by atoms with van der Waals surface area (Å²) in [6.07, 6.45) is 3.37. The summed E-state index contributed by atoms with van der Waals surface area (Å²) in [5.74, 6) is 1.46. The van der Waals surface area contributed by atoms with E-state index in [1.165, 1.54) is 11.9 Å². The van der Waals surface area contributed by atoms with E-state index >= 15 is 0 Å². The first-order chi connectivity index (χ1) is 15.5. The zero-order valence-corrected chi connectivity index (χ0v) is 18.9. The number of aliphatic hydroxyl groups excluding tert-OH is 1. The number of halogens is 1. The van der Waals surface area contributed by atoms with E-state index in [0.29, 0.717) is 18.2 Å². The first-order valence-corrected chi connectivity index (χ1v) is 10.7. The molecule has 32 heavy (non-hydrogen) atoms. The largest absolute Gasteiger partial charge is 0.489 e. The Morgan fingerprint density at radius 1 is 1.06 bits per heavy atom. The molecule has 0 saturated carbocycles. The van der Waals surface area contributed by atoms with Crippen molar-refractivity contribution in [3.05, 3.63) is 77.2 Å². The molecule has 2 aromatic carbocycles. The fourth-order valence-corrected chi connectivity index (χ4v) is 3.84. The highest BCUT2D eigenvalue weighted by Gasteiger charge is 2.17. The van der Waals surface area contributed by atoms with E-state index < -0.39 is 0 Å². The summed E-state index contributed by atoms with van der Waals surface area (Å²) in [4.78, 5) is 16.0. The van der Waals surface area contributed by atoms with Crippen molar-refractivity contribution in [2.75, 3.05) is 32.1 Å². The van der Waals surface area contributed by atoms with Crippen molar-refractivity contribution in [1.29, 1.82) is 0 Å². The highest BCUT2D eigenvalue weighted by molar-refractivity contribution is 6.30. The number of nitrogens with one attached hydrogen (secondary N) is 1. The van der Waals surface area contributed by atoms with Crippen LogP contribution in [0.25, 0.3) is 11.0 Å². The Labute approximate surface area is 192 Å². The average Bonchev–Trinajstić information content (AvgIpc) is 3.26. The van der Waals surface area contributed by atoms with E-state index in [0.717, 1.165) is 40.4 Å². The molecule has 0 amide bonds. The van der Waals surface area contributed by atoms with E-state index in [-0.39, 0.29) is 6.61 Å². The number of ether oxygens (including phenoxy) is 1. The molecule has 0 aliphatic carbocycles. The second-order valence-electron chi connectivity index (χ2n) is 7.75. The Kier molecular flexibility index (Phi) is 6.90. The number of aromatic amines is 1. The maximum absolute atomic E-state index is 9.77. The number of aromatic nitrogens is 3. The molecule has 0 aliphatic heterocycles. The Morgan fingerprint density at radius 3 is 2.72 bits per heavy atom. The Morgan fingerprint density at radius 2 is 1.94 bits per heavy atom. The van der Waals surface area contributed by atoms with Crippen molar-refractivity contribution in [2.24, 2.45) is 0 Å². The number of fused-ring (bicyclic) bond motifs is 1. The molecule has 8 heteroatoms. The molecule has 0 atom stereocenters. The van der Waals surface area contributed by atoms with Gasteiger partial charge in [0, 0.05) is 30.0 Å². The summed E-state index contributed by atoms with van der Waals surface area (Å²) in [6, 6.07) is 15.6. The number of anilines is 2. The van der Waals surface area contributed by atoms with Crippen molar-refractivity contribution in [2.45, 2.75) is 13.2 Å². The van der Waals surface area contributed by atoms with Crippen molar-refractivity contribution < 1.29 is 9.84 Å². The van der Waals surface area contributed by atoms with E-state index in [1.807, 2.05) is 49.5 Å². The average molecular weight is 452 g/mol. The summed E-state index contributed by atoms with van der Waals surface area (Å²) in [5, 5.41) is 11.3. The molecule has 2 N–H and O–H groups in total. The maximum atomic E-state index is 9.77. The molecule has 0 bridgehead atoms. The van der Waals surface area contributed by atoms with Crippen LogP contribution < -0.4 is 9.64 Å². The van der Waals surface area contributed by atoms with Crippen LogP contribution in [0.15, 0.2) is 61.1 Å². The quantitative estimate of drug-likeness (QED) is 0.393. The van der Waals surface area contributed by atoms with Gasteiger partial charge in [-0.25, -0.2) is 9.97 Å².